The van der Waals surface area contributed by atoms with Crippen LogP contribution in [0, 0.1) is 0 Å². The van der Waals surface area contributed by atoms with Crippen LogP contribution in [0.2, 0.25) is 5.02 Å². The number of hydrogen-bond donors (Lipinski definition) is 1. The molecule has 6 heteroatoms. The Balaban J connectivity index is 0.00000300. The van der Waals surface area contributed by atoms with Gasteiger partial charge in [0, 0.05) is 16.3 Å². The topological polar surface area (TPSA) is 49.4 Å². The van der Waals surface area contributed by atoms with E-state index in [2.05, 4.69) is 5.32 Å². The van der Waals surface area contributed by atoms with Crippen LogP contribution in [0.25, 0.3) is 0 Å². The number of amides is 1. The lowest BCUT2D eigenvalue weighted by Crippen LogP contribution is -2.49. The highest BCUT2D eigenvalue weighted by Gasteiger charge is 2.31. The van der Waals surface area contributed by atoms with E-state index in [4.69, 9.17) is 11.6 Å². The summed E-state index contributed by atoms with van der Waals surface area (Å²) in [6.07, 6.45) is 0. The fourth-order valence-electron chi connectivity index (χ4n) is 2.97. The number of anilines is 1. The molecule has 1 atom stereocenters. The first-order valence-electron chi connectivity index (χ1n) is 8.97. The van der Waals surface area contributed by atoms with Crippen LogP contribution in [-0.4, -0.2) is 24.8 Å². The Morgan fingerprint density at radius 3 is 2.00 bits per heavy atom. The molecule has 1 unspecified atom stereocenters. The number of Topliss-reactive ketones (excluding diaryl/α,β-unsaturated/α-hetero) is 1. The van der Waals surface area contributed by atoms with E-state index in [0.29, 0.717) is 17.1 Å². The third-order valence-corrected chi connectivity index (χ3v) is 4.70. The van der Waals surface area contributed by atoms with Crippen LogP contribution in [0.3, 0.4) is 0 Å². The van der Waals surface area contributed by atoms with Crippen molar-refractivity contribution in [1.82, 2.24) is 5.32 Å². The molecule has 0 aliphatic rings. The van der Waals surface area contributed by atoms with E-state index >= 15 is 0 Å². The summed E-state index contributed by atoms with van der Waals surface area (Å²) in [5, 5.41) is 3.42. The van der Waals surface area contributed by atoms with Gasteiger partial charge < -0.3 is 10.2 Å². The molecule has 150 valence electrons. The average Bonchev–Trinajstić information content (AvgIpc) is 2.74. The first-order valence-corrected chi connectivity index (χ1v) is 9.35. The smallest absolute Gasteiger partial charge is 0.252 e. The number of ketones is 1. The van der Waals surface area contributed by atoms with E-state index in [1.165, 1.54) is 0 Å². The SMILES string of the molecule is CNC(C(=O)c1ccc(Cl)cc1)C(=O)N(Cc1ccccc1)c1ccccc1.Cl. The average molecular weight is 429 g/mol. The van der Waals surface area contributed by atoms with Crippen LogP contribution in [-0.2, 0) is 11.3 Å². The molecule has 3 rings (SSSR count). The first kappa shape index (κ1) is 22.6. The predicted molar refractivity (Wildman–Crippen MR) is 120 cm³/mol. The van der Waals surface area contributed by atoms with Gasteiger partial charge in [0.05, 0.1) is 6.54 Å². The Bertz CT molecular complexity index is 932. The van der Waals surface area contributed by atoms with Crippen LogP contribution in [0.1, 0.15) is 15.9 Å². The molecule has 29 heavy (non-hydrogen) atoms. The molecule has 4 nitrogen and oxygen atoms in total. The van der Waals surface area contributed by atoms with Crippen LogP contribution in [0.5, 0.6) is 0 Å². The Morgan fingerprint density at radius 2 is 1.45 bits per heavy atom. The number of likely N-dealkylation sites (N-methyl/N-ethyl adjacent to an activating group) is 1. The van der Waals surface area contributed by atoms with E-state index in [0.717, 1.165) is 11.3 Å². The van der Waals surface area contributed by atoms with Gasteiger partial charge in [-0.15, -0.1) is 12.4 Å². The van der Waals surface area contributed by atoms with Gasteiger partial charge in [0.25, 0.3) is 5.91 Å². The van der Waals surface area contributed by atoms with Crippen molar-refractivity contribution in [1.29, 1.82) is 0 Å². The Kier molecular flexibility index (Phi) is 8.40. The van der Waals surface area contributed by atoms with Gasteiger partial charge in [0.2, 0.25) is 0 Å². The molecule has 1 amide bonds. The number of nitrogens with zero attached hydrogens (tertiary/aromatic N) is 1. The summed E-state index contributed by atoms with van der Waals surface area (Å²) in [5.74, 6) is -0.601. The zero-order valence-corrected chi connectivity index (χ0v) is 17.5. The number of benzene rings is 3. The normalized spacial score (nSPS) is 11.2. The second-order valence-electron chi connectivity index (χ2n) is 6.34. The summed E-state index contributed by atoms with van der Waals surface area (Å²) in [6, 6.07) is 24.6. The molecule has 1 N–H and O–H groups in total. The molecule has 0 saturated carbocycles. The van der Waals surface area contributed by atoms with Crippen molar-refractivity contribution in [3.63, 3.8) is 0 Å². The number of carbonyl (C=O) groups is 2. The molecule has 0 aromatic heterocycles. The maximum atomic E-state index is 13.4. The van der Waals surface area contributed by atoms with Gasteiger partial charge in [-0.25, -0.2) is 0 Å². The van der Waals surface area contributed by atoms with E-state index in [-0.39, 0.29) is 24.1 Å². The van der Waals surface area contributed by atoms with Gasteiger partial charge in [-0.3, -0.25) is 9.59 Å². The summed E-state index contributed by atoms with van der Waals surface area (Å²) in [4.78, 5) is 28.0. The van der Waals surface area contributed by atoms with Crippen molar-refractivity contribution in [2.45, 2.75) is 12.6 Å². The molecular weight excluding hydrogens is 407 g/mol. The summed E-state index contributed by atoms with van der Waals surface area (Å²) < 4.78 is 0. The van der Waals surface area contributed by atoms with Crippen molar-refractivity contribution in [2.75, 3.05) is 11.9 Å². The number of nitrogens with one attached hydrogen (secondary N) is 1. The summed E-state index contributed by atoms with van der Waals surface area (Å²) in [6.45, 7) is 0.371. The number of hydrogen-bond acceptors (Lipinski definition) is 3. The van der Waals surface area contributed by atoms with E-state index in [1.807, 2.05) is 60.7 Å². The van der Waals surface area contributed by atoms with Crippen LogP contribution in [0.15, 0.2) is 84.9 Å². The highest BCUT2D eigenvalue weighted by atomic mass is 35.5. The molecule has 0 aliphatic carbocycles. The van der Waals surface area contributed by atoms with Crippen LogP contribution < -0.4 is 10.2 Å². The van der Waals surface area contributed by atoms with Crippen molar-refractivity contribution < 1.29 is 9.59 Å². The number of para-hydroxylation sites is 1. The molecule has 0 bridgehead atoms. The van der Waals surface area contributed by atoms with Crippen LogP contribution >= 0.6 is 24.0 Å². The monoisotopic (exact) mass is 428 g/mol. The first-order chi connectivity index (χ1) is 13.6. The zero-order valence-electron chi connectivity index (χ0n) is 15.9. The Labute approximate surface area is 181 Å². The van der Waals surface area contributed by atoms with Gasteiger partial charge in [-0.1, -0.05) is 60.1 Å². The largest absolute Gasteiger partial charge is 0.306 e. The minimum absolute atomic E-state index is 0. The summed E-state index contributed by atoms with van der Waals surface area (Å²) in [7, 11) is 1.61. The quantitative estimate of drug-likeness (QED) is 0.435. The highest BCUT2D eigenvalue weighted by Crippen LogP contribution is 2.20. The Morgan fingerprint density at radius 1 is 0.897 bits per heavy atom. The zero-order chi connectivity index (χ0) is 19.9. The fraction of sp³-hybridized carbons (Fsp3) is 0.130. The molecule has 0 spiro atoms. The number of carbonyl (C=O) groups excluding carboxylic acids is 2. The molecule has 0 heterocycles. The standard InChI is InChI=1S/C23H21ClN2O2.ClH/c1-25-21(22(27)18-12-14-19(24)15-13-18)23(28)26(20-10-6-3-7-11-20)16-17-8-4-2-5-9-17;/h2-15,21,25H,16H2,1H3;1H. The maximum absolute atomic E-state index is 13.4. The third-order valence-electron chi connectivity index (χ3n) is 4.44. The van der Waals surface area contributed by atoms with Crippen LogP contribution in [0.4, 0.5) is 5.69 Å². The molecular formula is C23H22Cl2N2O2. The summed E-state index contributed by atoms with van der Waals surface area (Å²) >= 11 is 5.91. The lowest BCUT2D eigenvalue weighted by atomic mass is 10.0. The van der Waals surface area contributed by atoms with Crippen molar-refractivity contribution in [2.24, 2.45) is 0 Å². The fourth-order valence-corrected chi connectivity index (χ4v) is 3.10. The van der Waals surface area contributed by atoms with E-state index < -0.39 is 6.04 Å². The van der Waals surface area contributed by atoms with E-state index in [9.17, 15) is 9.59 Å². The molecule has 0 fully saturated rings. The lowest BCUT2D eigenvalue weighted by molar-refractivity contribution is -0.119. The second-order valence-corrected chi connectivity index (χ2v) is 6.77. The third kappa shape index (κ3) is 5.67. The number of rotatable bonds is 7. The molecule has 3 aromatic rings. The minimum Gasteiger partial charge on any atom is -0.306 e. The van der Waals surface area contributed by atoms with Crippen molar-refractivity contribution in [3.8, 4) is 0 Å². The van der Waals surface area contributed by atoms with Crippen molar-refractivity contribution in [3.05, 3.63) is 101 Å². The lowest BCUT2D eigenvalue weighted by Gasteiger charge is -2.27. The highest BCUT2D eigenvalue weighted by molar-refractivity contribution is 6.30. The van der Waals surface area contributed by atoms with Gasteiger partial charge in [0.1, 0.15) is 0 Å². The summed E-state index contributed by atoms with van der Waals surface area (Å²) in [5.41, 5.74) is 2.15. The van der Waals surface area contributed by atoms with Gasteiger partial charge in [-0.05, 0) is 49.0 Å². The van der Waals surface area contributed by atoms with Gasteiger partial charge >= 0.3 is 0 Å². The molecule has 0 saturated heterocycles. The predicted octanol–water partition coefficient (Wildman–Crippen LogP) is 4.77. The van der Waals surface area contributed by atoms with Gasteiger partial charge in [0.15, 0.2) is 11.8 Å². The molecule has 0 radical (unpaired) electrons. The maximum Gasteiger partial charge on any atom is 0.252 e. The van der Waals surface area contributed by atoms with Gasteiger partial charge in [-0.2, -0.15) is 0 Å². The number of halogens is 2. The van der Waals surface area contributed by atoms with Crippen molar-refractivity contribution >= 4 is 41.4 Å². The molecule has 0 aliphatic heterocycles. The minimum atomic E-state index is -0.995. The molecule has 3 aromatic carbocycles. The second kappa shape index (κ2) is 10.8. The Hall–Kier alpha value is -2.66. The van der Waals surface area contributed by atoms with E-state index in [1.54, 1.807) is 36.2 Å².